The van der Waals surface area contributed by atoms with Crippen LogP contribution >= 0.6 is 0 Å². The molecule has 0 unspecified atom stereocenters. The van der Waals surface area contributed by atoms with E-state index < -0.39 is 6.04 Å². The van der Waals surface area contributed by atoms with E-state index in [1.807, 2.05) is 29.2 Å². The first-order valence-corrected chi connectivity index (χ1v) is 11.0. The smallest absolute Gasteiger partial charge is 0.326 e. The van der Waals surface area contributed by atoms with E-state index in [2.05, 4.69) is 20.5 Å². The number of nitrogens with one attached hydrogen (secondary N) is 1. The Morgan fingerprint density at radius 2 is 1.88 bits per heavy atom. The molecule has 170 valence electrons. The summed E-state index contributed by atoms with van der Waals surface area (Å²) in [4.78, 5) is 30.8. The quantitative estimate of drug-likeness (QED) is 0.504. The Bertz CT molecular complexity index is 1330. The molecule has 10 heteroatoms. The van der Waals surface area contributed by atoms with Crippen LogP contribution in [0.2, 0.25) is 0 Å². The zero-order valence-electron chi connectivity index (χ0n) is 18.2. The van der Waals surface area contributed by atoms with E-state index in [9.17, 15) is 14.0 Å². The van der Waals surface area contributed by atoms with Gasteiger partial charge in [0.15, 0.2) is 0 Å². The number of imidazole rings is 1. The minimum atomic E-state index is -0.627. The lowest BCUT2D eigenvalue weighted by Crippen LogP contribution is -2.44. The number of amides is 1. The number of para-hydroxylation sites is 2. The number of hydrogen-bond donors (Lipinski definition) is 1. The predicted octanol–water partition coefficient (Wildman–Crippen LogP) is 2.41. The summed E-state index contributed by atoms with van der Waals surface area (Å²) in [6.07, 6.45) is 1.70. The summed E-state index contributed by atoms with van der Waals surface area (Å²) in [6, 6.07) is 13.1. The van der Waals surface area contributed by atoms with Gasteiger partial charge in [-0.1, -0.05) is 24.3 Å². The van der Waals surface area contributed by atoms with Crippen LogP contribution in [0.4, 0.5) is 4.39 Å². The fourth-order valence-electron chi connectivity index (χ4n) is 4.64. The van der Waals surface area contributed by atoms with Crippen molar-refractivity contribution in [3.63, 3.8) is 0 Å². The monoisotopic (exact) mass is 449 g/mol. The van der Waals surface area contributed by atoms with Crippen LogP contribution < -0.4 is 5.69 Å². The molecule has 9 nitrogen and oxygen atoms in total. The highest BCUT2D eigenvalue weighted by Crippen LogP contribution is 2.27. The van der Waals surface area contributed by atoms with Gasteiger partial charge in [-0.05, 0) is 60.0 Å². The zero-order chi connectivity index (χ0) is 22.9. The summed E-state index contributed by atoms with van der Waals surface area (Å²) in [5.74, 6) is 0.130. The van der Waals surface area contributed by atoms with Gasteiger partial charge in [0.2, 0.25) is 5.91 Å². The SMILES string of the molecule is Cc1nnnn1[C@H](Cc1ccc(F)cc1)C(=O)N1CCC(n2c(=O)[nH]c3ccccc32)CC1. The zero-order valence-corrected chi connectivity index (χ0v) is 18.2. The number of halogens is 1. The number of hydrogen-bond acceptors (Lipinski definition) is 5. The van der Waals surface area contributed by atoms with Crippen molar-refractivity contribution in [3.8, 4) is 0 Å². The average Bonchev–Trinajstić information content (AvgIpc) is 3.40. The second kappa shape index (κ2) is 8.61. The van der Waals surface area contributed by atoms with Crippen molar-refractivity contribution >= 4 is 16.9 Å². The van der Waals surface area contributed by atoms with Gasteiger partial charge in [0, 0.05) is 25.6 Å². The van der Waals surface area contributed by atoms with Crippen molar-refractivity contribution in [2.75, 3.05) is 13.1 Å². The van der Waals surface area contributed by atoms with Crippen LogP contribution in [0.1, 0.15) is 36.3 Å². The molecule has 1 amide bonds. The van der Waals surface area contributed by atoms with Crippen LogP contribution in [0.15, 0.2) is 53.3 Å². The molecule has 2 aromatic heterocycles. The molecule has 0 bridgehead atoms. The van der Waals surface area contributed by atoms with Gasteiger partial charge in [0.25, 0.3) is 0 Å². The lowest BCUT2D eigenvalue weighted by molar-refractivity contribution is -0.136. The second-order valence-electron chi connectivity index (χ2n) is 8.39. The fourth-order valence-corrected chi connectivity index (χ4v) is 4.64. The first-order valence-electron chi connectivity index (χ1n) is 11.0. The molecule has 5 rings (SSSR count). The van der Waals surface area contributed by atoms with E-state index in [1.165, 1.54) is 16.8 Å². The molecule has 1 aliphatic heterocycles. The first-order chi connectivity index (χ1) is 16.0. The van der Waals surface area contributed by atoms with Crippen LogP contribution in [-0.2, 0) is 11.2 Å². The van der Waals surface area contributed by atoms with Crippen LogP contribution in [0.5, 0.6) is 0 Å². The number of likely N-dealkylation sites (tertiary alicyclic amines) is 1. The third kappa shape index (κ3) is 4.04. The topological polar surface area (TPSA) is 102 Å². The number of benzene rings is 2. The van der Waals surface area contributed by atoms with Gasteiger partial charge in [0.1, 0.15) is 17.7 Å². The average molecular weight is 449 g/mol. The number of fused-ring (bicyclic) bond motifs is 1. The lowest BCUT2D eigenvalue weighted by Gasteiger charge is -2.34. The Morgan fingerprint density at radius 3 is 2.58 bits per heavy atom. The normalized spacial score (nSPS) is 15.8. The number of piperidine rings is 1. The Kier molecular flexibility index (Phi) is 5.49. The summed E-state index contributed by atoms with van der Waals surface area (Å²) in [7, 11) is 0. The summed E-state index contributed by atoms with van der Waals surface area (Å²) in [6.45, 7) is 2.80. The number of aromatic amines is 1. The Balaban J connectivity index is 1.35. The molecule has 3 heterocycles. The van der Waals surface area contributed by atoms with Crippen molar-refractivity contribution in [1.29, 1.82) is 0 Å². The number of rotatable bonds is 5. The molecular weight excluding hydrogens is 425 g/mol. The molecule has 2 aromatic carbocycles. The van der Waals surface area contributed by atoms with Crippen LogP contribution in [0.25, 0.3) is 11.0 Å². The van der Waals surface area contributed by atoms with E-state index in [-0.39, 0.29) is 23.5 Å². The van der Waals surface area contributed by atoms with E-state index in [1.54, 1.807) is 23.6 Å². The van der Waals surface area contributed by atoms with Crippen molar-refractivity contribution in [1.82, 2.24) is 34.7 Å². The molecule has 1 saturated heterocycles. The standard InChI is InChI=1S/C23H24FN7O2/c1-15-26-27-28-31(15)21(14-16-6-8-17(24)9-7-16)22(32)29-12-10-18(11-13-29)30-20-5-3-2-4-19(20)25-23(30)33/h2-9,18,21H,10-14H2,1H3,(H,25,33)/t21-/m1/s1. The molecule has 0 radical (unpaired) electrons. The van der Waals surface area contributed by atoms with Crippen molar-refractivity contribution in [2.45, 2.75) is 38.3 Å². The summed E-state index contributed by atoms with van der Waals surface area (Å²) in [5.41, 5.74) is 2.39. The number of tetrazole rings is 1. The molecule has 33 heavy (non-hydrogen) atoms. The predicted molar refractivity (Wildman–Crippen MR) is 119 cm³/mol. The van der Waals surface area contributed by atoms with E-state index in [0.29, 0.717) is 38.2 Å². The van der Waals surface area contributed by atoms with Gasteiger partial charge < -0.3 is 9.88 Å². The highest BCUT2D eigenvalue weighted by atomic mass is 19.1. The highest BCUT2D eigenvalue weighted by Gasteiger charge is 2.32. The molecule has 1 aliphatic rings. The third-order valence-corrected chi connectivity index (χ3v) is 6.35. The van der Waals surface area contributed by atoms with Gasteiger partial charge in [-0.2, -0.15) is 0 Å². The van der Waals surface area contributed by atoms with Crippen LogP contribution in [-0.4, -0.2) is 53.7 Å². The number of aromatic nitrogens is 6. The van der Waals surface area contributed by atoms with Crippen molar-refractivity contribution in [2.24, 2.45) is 0 Å². The van der Waals surface area contributed by atoms with E-state index >= 15 is 0 Å². The van der Waals surface area contributed by atoms with Gasteiger partial charge in [0.05, 0.1) is 11.0 Å². The Morgan fingerprint density at radius 1 is 1.15 bits per heavy atom. The molecule has 1 N–H and O–H groups in total. The van der Waals surface area contributed by atoms with E-state index in [0.717, 1.165) is 16.6 Å². The first kappa shape index (κ1) is 21.0. The maximum absolute atomic E-state index is 13.6. The lowest BCUT2D eigenvalue weighted by atomic mass is 10.0. The summed E-state index contributed by atoms with van der Waals surface area (Å²) < 4.78 is 16.7. The Labute approximate surface area is 188 Å². The van der Waals surface area contributed by atoms with Gasteiger partial charge in [-0.15, -0.1) is 5.10 Å². The third-order valence-electron chi connectivity index (χ3n) is 6.35. The molecule has 0 spiro atoms. The summed E-state index contributed by atoms with van der Waals surface area (Å²) in [5, 5.41) is 11.7. The molecular formula is C23H24FN7O2. The van der Waals surface area contributed by atoms with Gasteiger partial charge >= 0.3 is 5.69 Å². The number of carbonyl (C=O) groups is 1. The minimum absolute atomic E-state index is 0.0167. The van der Waals surface area contributed by atoms with Gasteiger partial charge in [-0.25, -0.2) is 13.9 Å². The fraction of sp³-hybridized carbons (Fsp3) is 0.348. The number of carbonyl (C=O) groups excluding carboxylic acids is 1. The van der Waals surface area contributed by atoms with Crippen molar-refractivity contribution in [3.05, 3.63) is 76.2 Å². The van der Waals surface area contributed by atoms with Gasteiger partial charge in [-0.3, -0.25) is 9.36 Å². The Hall–Kier alpha value is -3.82. The number of H-pyrrole nitrogens is 1. The van der Waals surface area contributed by atoms with Crippen molar-refractivity contribution < 1.29 is 9.18 Å². The van der Waals surface area contributed by atoms with Crippen LogP contribution in [0.3, 0.4) is 0 Å². The number of aryl methyl sites for hydroxylation is 1. The highest BCUT2D eigenvalue weighted by molar-refractivity contribution is 5.81. The minimum Gasteiger partial charge on any atom is -0.341 e. The largest absolute Gasteiger partial charge is 0.341 e. The second-order valence-corrected chi connectivity index (χ2v) is 8.39. The van der Waals surface area contributed by atoms with E-state index in [4.69, 9.17) is 0 Å². The molecule has 4 aromatic rings. The maximum Gasteiger partial charge on any atom is 0.326 e. The van der Waals surface area contributed by atoms with Crippen LogP contribution in [0, 0.1) is 12.7 Å². The number of nitrogens with zero attached hydrogens (tertiary/aromatic N) is 6. The summed E-state index contributed by atoms with van der Waals surface area (Å²) >= 11 is 0. The maximum atomic E-state index is 13.6. The molecule has 1 fully saturated rings. The molecule has 1 atom stereocenters. The molecule has 0 saturated carbocycles. The molecule has 0 aliphatic carbocycles.